The van der Waals surface area contributed by atoms with Crippen LogP contribution in [0.3, 0.4) is 0 Å². The van der Waals surface area contributed by atoms with Gasteiger partial charge in [-0.1, -0.05) is 19.1 Å². The van der Waals surface area contributed by atoms with Gasteiger partial charge < -0.3 is 11.1 Å². The lowest BCUT2D eigenvalue weighted by molar-refractivity contribution is -0.123. The van der Waals surface area contributed by atoms with Crippen LogP contribution in [0.4, 0.5) is 5.69 Å². The first-order valence-electron chi connectivity index (χ1n) is 6.76. The number of nitrogens with two attached hydrogens (primary N) is 1. The minimum atomic E-state index is -0.258. The molecule has 0 aromatic heterocycles. The first kappa shape index (κ1) is 11.6. The van der Waals surface area contributed by atoms with E-state index in [0.29, 0.717) is 5.92 Å². The van der Waals surface area contributed by atoms with Crippen molar-refractivity contribution in [3.8, 4) is 0 Å². The van der Waals surface area contributed by atoms with Crippen LogP contribution in [0.1, 0.15) is 31.7 Å². The standard InChI is InChI=1S/C15H20N2O/c1-10-8-11(10)9-17-14(18)15(6-7-15)12-2-4-13(16)5-3-12/h2-5,10-11H,6-9,16H2,1H3,(H,17,18). The molecule has 96 valence electrons. The molecule has 1 aromatic carbocycles. The molecule has 0 spiro atoms. The molecule has 3 nitrogen and oxygen atoms in total. The summed E-state index contributed by atoms with van der Waals surface area (Å²) in [6, 6.07) is 7.74. The highest BCUT2D eigenvalue weighted by Crippen LogP contribution is 2.48. The predicted molar refractivity (Wildman–Crippen MR) is 72.0 cm³/mol. The molecule has 1 amide bonds. The first-order valence-corrected chi connectivity index (χ1v) is 6.76. The Hall–Kier alpha value is -1.51. The number of hydrogen-bond donors (Lipinski definition) is 2. The molecule has 2 atom stereocenters. The summed E-state index contributed by atoms with van der Waals surface area (Å²) < 4.78 is 0. The maximum absolute atomic E-state index is 12.3. The van der Waals surface area contributed by atoms with Crippen LogP contribution in [0.2, 0.25) is 0 Å². The van der Waals surface area contributed by atoms with E-state index >= 15 is 0 Å². The first-order chi connectivity index (χ1) is 8.62. The van der Waals surface area contributed by atoms with Crippen molar-refractivity contribution < 1.29 is 4.79 Å². The number of hydrogen-bond acceptors (Lipinski definition) is 2. The number of carbonyl (C=O) groups is 1. The van der Waals surface area contributed by atoms with Gasteiger partial charge in [0.25, 0.3) is 0 Å². The van der Waals surface area contributed by atoms with Gasteiger partial charge in [0.2, 0.25) is 5.91 Å². The summed E-state index contributed by atoms with van der Waals surface area (Å²) >= 11 is 0. The number of anilines is 1. The molecule has 18 heavy (non-hydrogen) atoms. The second-order valence-corrected chi connectivity index (χ2v) is 5.89. The summed E-state index contributed by atoms with van der Waals surface area (Å²) in [6.07, 6.45) is 3.18. The van der Waals surface area contributed by atoms with Gasteiger partial charge in [-0.3, -0.25) is 4.79 Å². The summed E-state index contributed by atoms with van der Waals surface area (Å²) in [5, 5.41) is 3.12. The Morgan fingerprint density at radius 2 is 2.00 bits per heavy atom. The molecule has 0 bridgehead atoms. The number of nitrogens with one attached hydrogen (secondary N) is 1. The van der Waals surface area contributed by atoms with Crippen molar-refractivity contribution in [3.05, 3.63) is 29.8 Å². The average Bonchev–Trinajstić information content (AvgIpc) is 3.24. The van der Waals surface area contributed by atoms with Crippen LogP contribution in [0.15, 0.2) is 24.3 Å². The van der Waals surface area contributed by atoms with E-state index < -0.39 is 0 Å². The van der Waals surface area contributed by atoms with Crippen molar-refractivity contribution in [2.45, 2.75) is 31.6 Å². The van der Waals surface area contributed by atoms with Crippen molar-refractivity contribution in [2.24, 2.45) is 11.8 Å². The van der Waals surface area contributed by atoms with Crippen LogP contribution in [-0.4, -0.2) is 12.5 Å². The molecule has 0 saturated heterocycles. The molecule has 2 saturated carbocycles. The molecular formula is C15H20N2O. The molecule has 3 rings (SSSR count). The van der Waals surface area contributed by atoms with Crippen LogP contribution in [0, 0.1) is 11.8 Å². The van der Waals surface area contributed by atoms with E-state index in [9.17, 15) is 4.79 Å². The van der Waals surface area contributed by atoms with Gasteiger partial charge in [-0.25, -0.2) is 0 Å². The fourth-order valence-electron chi connectivity index (χ4n) is 2.65. The second kappa shape index (κ2) is 4.01. The lowest BCUT2D eigenvalue weighted by Gasteiger charge is -2.16. The zero-order valence-electron chi connectivity index (χ0n) is 10.8. The molecule has 0 aliphatic heterocycles. The van der Waals surface area contributed by atoms with Gasteiger partial charge in [0.15, 0.2) is 0 Å². The van der Waals surface area contributed by atoms with Crippen LogP contribution >= 0.6 is 0 Å². The number of amides is 1. The maximum atomic E-state index is 12.3. The van der Waals surface area contributed by atoms with E-state index in [-0.39, 0.29) is 11.3 Å². The molecule has 2 unspecified atom stereocenters. The minimum Gasteiger partial charge on any atom is -0.399 e. The van der Waals surface area contributed by atoms with Gasteiger partial charge in [-0.15, -0.1) is 0 Å². The fourth-order valence-corrected chi connectivity index (χ4v) is 2.65. The van der Waals surface area contributed by atoms with E-state index in [1.807, 2.05) is 24.3 Å². The molecule has 0 radical (unpaired) electrons. The Kier molecular flexibility index (Phi) is 2.58. The molecule has 2 fully saturated rings. The summed E-state index contributed by atoms with van der Waals surface area (Å²) in [6.45, 7) is 3.08. The van der Waals surface area contributed by atoms with Gasteiger partial charge in [0, 0.05) is 12.2 Å². The third kappa shape index (κ3) is 1.98. The van der Waals surface area contributed by atoms with E-state index in [2.05, 4.69) is 12.2 Å². The minimum absolute atomic E-state index is 0.200. The third-order valence-electron chi connectivity index (χ3n) is 4.45. The molecule has 2 aliphatic rings. The number of carbonyl (C=O) groups excluding carboxylic acids is 1. The van der Waals surface area contributed by atoms with E-state index in [1.54, 1.807) is 0 Å². The number of nitrogen functional groups attached to an aromatic ring is 1. The lowest BCUT2D eigenvalue weighted by Crippen LogP contribution is -2.36. The Balaban J connectivity index is 1.66. The summed E-state index contributed by atoms with van der Waals surface area (Å²) in [7, 11) is 0. The van der Waals surface area contributed by atoms with Crippen molar-refractivity contribution in [1.29, 1.82) is 0 Å². The summed E-state index contributed by atoms with van der Waals surface area (Å²) in [5.74, 6) is 1.69. The normalized spacial score (nSPS) is 27.6. The number of benzene rings is 1. The molecule has 2 aliphatic carbocycles. The third-order valence-corrected chi connectivity index (χ3v) is 4.45. The van der Waals surface area contributed by atoms with Crippen LogP contribution in [0.25, 0.3) is 0 Å². The van der Waals surface area contributed by atoms with Crippen molar-refractivity contribution in [2.75, 3.05) is 12.3 Å². The van der Waals surface area contributed by atoms with Crippen molar-refractivity contribution >= 4 is 11.6 Å². The topological polar surface area (TPSA) is 55.1 Å². The smallest absolute Gasteiger partial charge is 0.230 e. The predicted octanol–water partition coefficient (Wildman–Crippen LogP) is 2.07. The van der Waals surface area contributed by atoms with E-state index in [1.165, 1.54) is 6.42 Å². The Morgan fingerprint density at radius 1 is 1.39 bits per heavy atom. The van der Waals surface area contributed by atoms with Gasteiger partial charge in [-0.2, -0.15) is 0 Å². The van der Waals surface area contributed by atoms with Crippen LogP contribution < -0.4 is 11.1 Å². The Labute approximate surface area is 108 Å². The Bertz CT molecular complexity index is 462. The SMILES string of the molecule is CC1CC1CNC(=O)C1(c2ccc(N)cc2)CC1. The van der Waals surface area contributed by atoms with Gasteiger partial charge in [0.1, 0.15) is 0 Å². The van der Waals surface area contributed by atoms with Gasteiger partial charge in [0.05, 0.1) is 5.41 Å². The van der Waals surface area contributed by atoms with Gasteiger partial charge >= 0.3 is 0 Å². The van der Waals surface area contributed by atoms with Gasteiger partial charge in [-0.05, 0) is 48.8 Å². The van der Waals surface area contributed by atoms with Crippen molar-refractivity contribution in [3.63, 3.8) is 0 Å². The van der Waals surface area contributed by atoms with Crippen LogP contribution in [-0.2, 0) is 10.2 Å². The zero-order chi connectivity index (χ0) is 12.8. The quantitative estimate of drug-likeness (QED) is 0.797. The zero-order valence-corrected chi connectivity index (χ0v) is 10.8. The molecule has 1 aromatic rings. The van der Waals surface area contributed by atoms with E-state index in [0.717, 1.165) is 36.6 Å². The highest BCUT2D eigenvalue weighted by molar-refractivity contribution is 5.91. The van der Waals surface area contributed by atoms with E-state index in [4.69, 9.17) is 5.73 Å². The second-order valence-electron chi connectivity index (χ2n) is 5.89. The summed E-state index contributed by atoms with van der Waals surface area (Å²) in [4.78, 5) is 12.3. The van der Waals surface area contributed by atoms with Crippen molar-refractivity contribution in [1.82, 2.24) is 5.32 Å². The highest BCUT2D eigenvalue weighted by atomic mass is 16.2. The highest BCUT2D eigenvalue weighted by Gasteiger charge is 2.51. The van der Waals surface area contributed by atoms with Crippen LogP contribution in [0.5, 0.6) is 0 Å². The molecular weight excluding hydrogens is 224 g/mol. The average molecular weight is 244 g/mol. The summed E-state index contributed by atoms with van der Waals surface area (Å²) in [5.41, 5.74) is 7.29. The maximum Gasteiger partial charge on any atom is 0.230 e. The fraction of sp³-hybridized carbons (Fsp3) is 0.533. The largest absolute Gasteiger partial charge is 0.399 e. The molecule has 0 heterocycles. The number of rotatable bonds is 4. The molecule has 3 N–H and O–H groups in total. The Morgan fingerprint density at radius 3 is 2.50 bits per heavy atom. The lowest BCUT2D eigenvalue weighted by atomic mass is 9.94. The molecule has 3 heteroatoms. The monoisotopic (exact) mass is 244 g/mol.